The van der Waals surface area contributed by atoms with Crippen LogP contribution in [0.3, 0.4) is 0 Å². The van der Waals surface area contributed by atoms with Crippen molar-refractivity contribution in [3.8, 4) is 5.75 Å². The normalized spacial score (nSPS) is 13.4. The average molecular weight is 267 g/mol. The van der Waals surface area contributed by atoms with Crippen LogP contribution < -0.4 is 10.1 Å². The molecule has 19 heavy (non-hydrogen) atoms. The summed E-state index contributed by atoms with van der Waals surface area (Å²) in [5, 5.41) is 3.51. The molecular weight excluding hydrogens is 241 g/mol. The molecule has 0 spiro atoms. The van der Waals surface area contributed by atoms with Crippen molar-refractivity contribution in [2.24, 2.45) is 5.41 Å². The molecule has 0 aliphatic carbocycles. The van der Waals surface area contributed by atoms with Gasteiger partial charge in [-0.1, -0.05) is 33.8 Å². The number of aryl methyl sites for hydroxylation is 1. The van der Waals surface area contributed by atoms with Crippen LogP contribution in [0.2, 0.25) is 0 Å². The highest BCUT2D eigenvalue weighted by atomic mass is 19.1. The van der Waals surface area contributed by atoms with Crippen LogP contribution in [0.5, 0.6) is 5.75 Å². The summed E-state index contributed by atoms with van der Waals surface area (Å²) < 4.78 is 18.5. The number of nitrogens with one attached hydrogen (secondary N) is 1. The fourth-order valence-electron chi connectivity index (χ4n) is 2.26. The van der Waals surface area contributed by atoms with Crippen molar-refractivity contribution in [1.82, 2.24) is 5.32 Å². The number of rotatable bonds is 6. The molecule has 1 N–H and O–H groups in total. The van der Waals surface area contributed by atoms with E-state index in [2.05, 4.69) is 33.0 Å². The molecule has 1 aromatic rings. The van der Waals surface area contributed by atoms with Crippen LogP contribution in [-0.4, -0.2) is 19.7 Å². The molecule has 2 nitrogen and oxygen atoms in total. The standard InChI is InChI=1S/C16H26FNO/c1-6-18-15(16(2,3)4)10-8-12-7-9-14(19-5)13(17)11-12/h7,9,11,15,18H,6,8,10H2,1-5H3. The smallest absolute Gasteiger partial charge is 0.165 e. The summed E-state index contributed by atoms with van der Waals surface area (Å²) in [7, 11) is 1.49. The highest BCUT2D eigenvalue weighted by Gasteiger charge is 2.23. The van der Waals surface area contributed by atoms with Gasteiger partial charge in [-0.3, -0.25) is 0 Å². The zero-order chi connectivity index (χ0) is 14.5. The molecule has 0 amide bonds. The summed E-state index contributed by atoms with van der Waals surface area (Å²) in [6.45, 7) is 9.77. The Balaban J connectivity index is 2.66. The van der Waals surface area contributed by atoms with Crippen molar-refractivity contribution in [3.63, 3.8) is 0 Å². The number of methoxy groups -OCH3 is 1. The predicted molar refractivity (Wildman–Crippen MR) is 78.2 cm³/mol. The van der Waals surface area contributed by atoms with Crippen LogP contribution in [0.4, 0.5) is 4.39 Å². The van der Waals surface area contributed by atoms with E-state index in [0.29, 0.717) is 11.8 Å². The Morgan fingerprint density at radius 3 is 2.47 bits per heavy atom. The molecule has 1 unspecified atom stereocenters. The maximum atomic E-state index is 13.6. The third-order valence-corrected chi connectivity index (χ3v) is 3.43. The van der Waals surface area contributed by atoms with Crippen molar-refractivity contribution in [2.75, 3.05) is 13.7 Å². The number of hydrogen-bond acceptors (Lipinski definition) is 2. The molecule has 0 saturated carbocycles. The zero-order valence-electron chi connectivity index (χ0n) is 12.7. The second-order valence-electron chi connectivity index (χ2n) is 5.98. The minimum Gasteiger partial charge on any atom is -0.494 e. The van der Waals surface area contributed by atoms with E-state index in [0.717, 1.165) is 24.9 Å². The van der Waals surface area contributed by atoms with Crippen LogP contribution in [0.15, 0.2) is 18.2 Å². The maximum absolute atomic E-state index is 13.6. The van der Waals surface area contributed by atoms with E-state index < -0.39 is 0 Å². The van der Waals surface area contributed by atoms with Gasteiger partial charge in [-0.05, 0) is 42.5 Å². The van der Waals surface area contributed by atoms with Crippen molar-refractivity contribution in [2.45, 2.75) is 46.6 Å². The van der Waals surface area contributed by atoms with E-state index in [1.54, 1.807) is 12.1 Å². The van der Waals surface area contributed by atoms with E-state index >= 15 is 0 Å². The monoisotopic (exact) mass is 267 g/mol. The second-order valence-corrected chi connectivity index (χ2v) is 5.98. The molecule has 0 heterocycles. The van der Waals surface area contributed by atoms with Crippen molar-refractivity contribution in [1.29, 1.82) is 0 Å². The van der Waals surface area contributed by atoms with Crippen LogP contribution in [0.1, 0.15) is 39.7 Å². The molecule has 0 aliphatic heterocycles. The SMILES string of the molecule is CCNC(CCc1ccc(OC)c(F)c1)C(C)(C)C. The van der Waals surface area contributed by atoms with Gasteiger partial charge in [0, 0.05) is 6.04 Å². The second kappa shape index (κ2) is 6.90. The molecule has 1 aromatic carbocycles. The lowest BCUT2D eigenvalue weighted by Crippen LogP contribution is -2.40. The van der Waals surface area contributed by atoms with Crippen molar-refractivity contribution >= 4 is 0 Å². The van der Waals surface area contributed by atoms with Gasteiger partial charge in [-0.15, -0.1) is 0 Å². The first-order valence-corrected chi connectivity index (χ1v) is 6.94. The van der Waals surface area contributed by atoms with Crippen LogP contribution in [-0.2, 0) is 6.42 Å². The third kappa shape index (κ3) is 4.83. The Morgan fingerprint density at radius 1 is 1.32 bits per heavy atom. The molecule has 3 heteroatoms. The molecule has 108 valence electrons. The molecule has 0 aliphatic rings. The van der Waals surface area contributed by atoms with Crippen LogP contribution in [0.25, 0.3) is 0 Å². The Kier molecular flexibility index (Phi) is 5.80. The Hall–Kier alpha value is -1.09. The lowest BCUT2D eigenvalue weighted by molar-refractivity contribution is 0.258. The molecule has 0 saturated heterocycles. The number of ether oxygens (including phenoxy) is 1. The van der Waals surface area contributed by atoms with Gasteiger partial charge in [-0.25, -0.2) is 4.39 Å². The number of halogens is 1. The predicted octanol–water partition coefficient (Wildman–Crippen LogP) is 3.79. The lowest BCUT2D eigenvalue weighted by Gasteiger charge is -2.31. The molecular formula is C16H26FNO. The lowest BCUT2D eigenvalue weighted by atomic mass is 9.83. The van der Waals surface area contributed by atoms with E-state index in [1.807, 2.05) is 6.07 Å². The Labute approximate surface area is 116 Å². The zero-order valence-corrected chi connectivity index (χ0v) is 12.7. The van der Waals surface area contributed by atoms with E-state index in [1.165, 1.54) is 7.11 Å². The number of hydrogen-bond donors (Lipinski definition) is 1. The summed E-state index contributed by atoms with van der Waals surface area (Å²) in [5.74, 6) is 0.0264. The van der Waals surface area contributed by atoms with Crippen LogP contribution >= 0.6 is 0 Å². The fraction of sp³-hybridized carbons (Fsp3) is 0.625. The van der Waals surface area contributed by atoms with Gasteiger partial charge in [-0.2, -0.15) is 0 Å². The minimum absolute atomic E-state index is 0.209. The summed E-state index contributed by atoms with van der Waals surface area (Å²) in [5.41, 5.74) is 1.23. The summed E-state index contributed by atoms with van der Waals surface area (Å²) >= 11 is 0. The summed E-state index contributed by atoms with van der Waals surface area (Å²) in [6.07, 6.45) is 1.87. The van der Waals surface area contributed by atoms with E-state index in [-0.39, 0.29) is 11.2 Å². The van der Waals surface area contributed by atoms with Gasteiger partial charge < -0.3 is 10.1 Å². The largest absolute Gasteiger partial charge is 0.494 e. The Bertz CT molecular complexity index is 398. The Morgan fingerprint density at radius 2 is 2.00 bits per heavy atom. The van der Waals surface area contributed by atoms with Crippen molar-refractivity contribution in [3.05, 3.63) is 29.6 Å². The van der Waals surface area contributed by atoms with Crippen LogP contribution in [0, 0.1) is 11.2 Å². The maximum Gasteiger partial charge on any atom is 0.165 e. The molecule has 0 aromatic heterocycles. The van der Waals surface area contributed by atoms with E-state index in [4.69, 9.17) is 4.74 Å². The highest BCUT2D eigenvalue weighted by molar-refractivity contribution is 5.29. The molecule has 0 fully saturated rings. The van der Waals surface area contributed by atoms with Gasteiger partial charge in [0.25, 0.3) is 0 Å². The topological polar surface area (TPSA) is 21.3 Å². The first kappa shape index (κ1) is 16.0. The third-order valence-electron chi connectivity index (χ3n) is 3.43. The minimum atomic E-state index is -0.282. The van der Waals surface area contributed by atoms with Gasteiger partial charge in [0.15, 0.2) is 11.6 Å². The molecule has 0 bridgehead atoms. The molecule has 1 atom stereocenters. The van der Waals surface area contributed by atoms with Gasteiger partial charge in [0.1, 0.15) is 0 Å². The quantitative estimate of drug-likeness (QED) is 0.846. The fourth-order valence-corrected chi connectivity index (χ4v) is 2.26. The van der Waals surface area contributed by atoms with E-state index in [9.17, 15) is 4.39 Å². The average Bonchev–Trinajstić information content (AvgIpc) is 2.33. The summed E-state index contributed by atoms with van der Waals surface area (Å²) in [6, 6.07) is 5.64. The molecule has 1 rings (SSSR count). The highest BCUT2D eigenvalue weighted by Crippen LogP contribution is 2.24. The van der Waals surface area contributed by atoms with Crippen molar-refractivity contribution < 1.29 is 9.13 Å². The summed E-state index contributed by atoms with van der Waals surface area (Å²) in [4.78, 5) is 0. The molecule has 0 radical (unpaired) electrons. The van der Waals surface area contributed by atoms with Gasteiger partial charge in [0.2, 0.25) is 0 Å². The van der Waals surface area contributed by atoms with Gasteiger partial charge >= 0.3 is 0 Å². The first-order valence-electron chi connectivity index (χ1n) is 6.94. The first-order chi connectivity index (χ1) is 8.88. The van der Waals surface area contributed by atoms with Gasteiger partial charge in [0.05, 0.1) is 7.11 Å². The number of benzene rings is 1.